The highest BCUT2D eigenvalue weighted by molar-refractivity contribution is 6.47. The maximum absolute atomic E-state index is 6.16. The Labute approximate surface area is 134 Å². The minimum absolute atomic E-state index is 0.0329. The third-order valence-electron chi connectivity index (χ3n) is 4.92. The van der Waals surface area contributed by atoms with Crippen LogP contribution in [-0.4, -0.2) is 32.5 Å². The molecule has 0 spiro atoms. The molecule has 0 N–H and O–H groups in total. The quantitative estimate of drug-likeness (QED) is 0.794. The first-order valence-electron chi connectivity index (χ1n) is 7.71. The molecule has 0 unspecified atom stereocenters. The van der Waals surface area contributed by atoms with Crippen molar-refractivity contribution in [2.75, 3.05) is 14.2 Å². The second-order valence-electron chi connectivity index (χ2n) is 6.95. The monoisotopic (exact) mass is 306 g/mol. The van der Waals surface area contributed by atoms with Gasteiger partial charge in [0.2, 0.25) is 0 Å². The molecule has 2 rings (SSSR count). The molecule has 1 saturated heterocycles. The van der Waals surface area contributed by atoms with Gasteiger partial charge in [-0.05, 0) is 45.7 Å². The molecule has 122 valence electrons. The predicted octanol–water partition coefficient (Wildman–Crippen LogP) is 3.75. The van der Waals surface area contributed by atoms with E-state index in [9.17, 15) is 0 Å². The topological polar surface area (TPSA) is 36.9 Å². The summed E-state index contributed by atoms with van der Waals surface area (Å²) in [5.41, 5.74) is 1.40. The van der Waals surface area contributed by atoms with Gasteiger partial charge in [0.15, 0.2) is 11.5 Å². The van der Waals surface area contributed by atoms with E-state index in [0.29, 0.717) is 0 Å². The number of hydrogen-bond donors (Lipinski definition) is 0. The second kappa shape index (κ2) is 5.78. The van der Waals surface area contributed by atoms with Crippen LogP contribution >= 0.6 is 0 Å². The lowest BCUT2D eigenvalue weighted by Crippen LogP contribution is -2.41. The summed E-state index contributed by atoms with van der Waals surface area (Å²) in [6.07, 6.45) is 0. The average molecular weight is 306 g/mol. The fraction of sp³-hybridized carbons (Fsp3) is 0.647. The molecule has 1 aliphatic heterocycles. The zero-order chi connectivity index (χ0) is 16.7. The standard InChI is InChI=1S/C17H27BO4/c1-11-9-10-13(15(20-8)14(11)19-7)12(2)18-21-16(3,4)17(5,6)22-18/h9-10,12H,1-8H3/t12-/m1/s1. The molecule has 0 aromatic heterocycles. The van der Waals surface area contributed by atoms with Crippen LogP contribution < -0.4 is 9.47 Å². The summed E-state index contributed by atoms with van der Waals surface area (Å²) in [6.45, 7) is 12.3. The van der Waals surface area contributed by atoms with Crippen LogP contribution in [0.3, 0.4) is 0 Å². The summed E-state index contributed by atoms with van der Waals surface area (Å²) >= 11 is 0. The van der Waals surface area contributed by atoms with Gasteiger partial charge < -0.3 is 18.8 Å². The Bertz CT molecular complexity index is 538. The molecule has 4 nitrogen and oxygen atoms in total. The highest BCUT2D eigenvalue weighted by Gasteiger charge is 2.53. The summed E-state index contributed by atoms with van der Waals surface area (Å²) in [4.78, 5) is 0. The largest absolute Gasteiger partial charge is 0.493 e. The first-order valence-corrected chi connectivity index (χ1v) is 7.71. The van der Waals surface area contributed by atoms with Crippen LogP contribution in [0, 0.1) is 6.92 Å². The molecule has 0 bridgehead atoms. The predicted molar refractivity (Wildman–Crippen MR) is 88.8 cm³/mol. The third-order valence-corrected chi connectivity index (χ3v) is 4.92. The van der Waals surface area contributed by atoms with Crippen molar-refractivity contribution in [1.82, 2.24) is 0 Å². The average Bonchev–Trinajstić information content (AvgIpc) is 2.66. The Hall–Kier alpha value is -1.20. The van der Waals surface area contributed by atoms with Gasteiger partial charge in [-0.15, -0.1) is 0 Å². The molecular weight excluding hydrogens is 279 g/mol. The number of hydrogen-bond acceptors (Lipinski definition) is 4. The SMILES string of the molecule is COc1c(C)ccc([C@@H](C)B2OC(C)(C)C(C)(C)O2)c1OC. The number of ether oxygens (including phenoxy) is 2. The van der Waals surface area contributed by atoms with Crippen molar-refractivity contribution in [3.63, 3.8) is 0 Å². The van der Waals surface area contributed by atoms with Crippen LogP contribution in [-0.2, 0) is 9.31 Å². The molecule has 1 aromatic carbocycles. The first-order chi connectivity index (χ1) is 10.1. The van der Waals surface area contributed by atoms with Crippen molar-refractivity contribution in [3.8, 4) is 11.5 Å². The van der Waals surface area contributed by atoms with Gasteiger partial charge in [-0.3, -0.25) is 0 Å². The molecule has 0 amide bonds. The van der Waals surface area contributed by atoms with Crippen LogP contribution in [0.1, 0.15) is 51.6 Å². The summed E-state index contributed by atoms with van der Waals surface area (Å²) < 4.78 is 23.4. The summed E-state index contributed by atoms with van der Waals surface area (Å²) in [5, 5.41) is 0. The van der Waals surface area contributed by atoms with Crippen molar-refractivity contribution in [2.45, 2.75) is 58.6 Å². The van der Waals surface area contributed by atoms with E-state index in [1.165, 1.54) is 0 Å². The molecule has 1 atom stereocenters. The van der Waals surface area contributed by atoms with Crippen molar-refractivity contribution >= 4 is 7.12 Å². The molecule has 1 aliphatic rings. The van der Waals surface area contributed by atoms with Crippen molar-refractivity contribution < 1.29 is 18.8 Å². The Morgan fingerprint density at radius 2 is 1.45 bits per heavy atom. The molecule has 0 saturated carbocycles. The Kier molecular flexibility index (Phi) is 4.51. The van der Waals surface area contributed by atoms with Gasteiger partial charge in [-0.25, -0.2) is 0 Å². The smallest absolute Gasteiger partial charge is 0.465 e. The maximum Gasteiger partial charge on any atom is 0.465 e. The van der Waals surface area contributed by atoms with Crippen LogP contribution in [0.25, 0.3) is 0 Å². The van der Waals surface area contributed by atoms with Crippen molar-refractivity contribution in [1.29, 1.82) is 0 Å². The van der Waals surface area contributed by atoms with E-state index in [1.807, 2.05) is 13.0 Å². The fourth-order valence-corrected chi connectivity index (χ4v) is 2.74. The molecule has 0 radical (unpaired) electrons. The maximum atomic E-state index is 6.16. The van der Waals surface area contributed by atoms with Gasteiger partial charge in [0.1, 0.15) is 0 Å². The van der Waals surface area contributed by atoms with Gasteiger partial charge in [0, 0.05) is 5.82 Å². The molecule has 5 heteroatoms. The normalized spacial score (nSPS) is 20.8. The Morgan fingerprint density at radius 1 is 0.955 bits per heavy atom. The first kappa shape index (κ1) is 17.2. The zero-order valence-electron chi connectivity index (χ0n) is 14.9. The van der Waals surface area contributed by atoms with E-state index in [2.05, 4.69) is 40.7 Å². The van der Waals surface area contributed by atoms with E-state index < -0.39 is 0 Å². The summed E-state index contributed by atoms with van der Waals surface area (Å²) in [7, 11) is 3.01. The van der Waals surface area contributed by atoms with Gasteiger partial charge in [0.25, 0.3) is 0 Å². The highest BCUT2D eigenvalue weighted by atomic mass is 16.7. The number of methoxy groups -OCH3 is 2. The number of rotatable bonds is 4. The number of benzene rings is 1. The van der Waals surface area contributed by atoms with Crippen molar-refractivity contribution in [2.24, 2.45) is 0 Å². The van der Waals surface area contributed by atoms with Gasteiger partial charge >= 0.3 is 7.12 Å². The van der Waals surface area contributed by atoms with E-state index in [-0.39, 0.29) is 24.1 Å². The molecular formula is C17H27BO4. The van der Waals surface area contributed by atoms with Crippen LogP contribution in [0.4, 0.5) is 0 Å². The van der Waals surface area contributed by atoms with E-state index >= 15 is 0 Å². The minimum Gasteiger partial charge on any atom is -0.493 e. The lowest BCUT2D eigenvalue weighted by atomic mass is 9.69. The lowest BCUT2D eigenvalue weighted by molar-refractivity contribution is 0.00578. The molecule has 22 heavy (non-hydrogen) atoms. The van der Waals surface area contributed by atoms with Gasteiger partial charge in [-0.1, -0.05) is 19.1 Å². The van der Waals surface area contributed by atoms with Gasteiger partial charge in [-0.2, -0.15) is 0 Å². The molecule has 1 aromatic rings. The summed E-state index contributed by atoms with van der Waals surface area (Å²) in [5.74, 6) is 1.55. The second-order valence-corrected chi connectivity index (χ2v) is 6.95. The Morgan fingerprint density at radius 3 is 1.91 bits per heavy atom. The van der Waals surface area contributed by atoms with Crippen LogP contribution in [0.15, 0.2) is 12.1 Å². The highest BCUT2D eigenvalue weighted by Crippen LogP contribution is 2.44. The molecule has 0 aliphatic carbocycles. The zero-order valence-corrected chi connectivity index (χ0v) is 14.9. The van der Waals surface area contributed by atoms with E-state index in [0.717, 1.165) is 22.6 Å². The third kappa shape index (κ3) is 2.72. The van der Waals surface area contributed by atoms with E-state index in [1.54, 1.807) is 14.2 Å². The summed E-state index contributed by atoms with van der Waals surface area (Å²) in [6, 6.07) is 4.10. The van der Waals surface area contributed by atoms with Crippen LogP contribution in [0.2, 0.25) is 0 Å². The lowest BCUT2D eigenvalue weighted by Gasteiger charge is -2.32. The van der Waals surface area contributed by atoms with E-state index in [4.69, 9.17) is 18.8 Å². The fourth-order valence-electron chi connectivity index (χ4n) is 2.74. The number of aryl methyl sites for hydroxylation is 1. The van der Waals surface area contributed by atoms with Gasteiger partial charge in [0.05, 0.1) is 25.4 Å². The molecule has 1 heterocycles. The van der Waals surface area contributed by atoms with Crippen LogP contribution in [0.5, 0.6) is 11.5 Å². The Balaban J connectivity index is 2.37. The van der Waals surface area contributed by atoms with Crippen molar-refractivity contribution in [3.05, 3.63) is 23.3 Å². The molecule has 1 fully saturated rings. The minimum atomic E-state index is -0.339.